The second-order valence-corrected chi connectivity index (χ2v) is 6.82. The van der Waals surface area contributed by atoms with Gasteiger partial charge in [-0.25, -0.2) is 9.37 Å². The summed E-state index contributed by atoms with van der Waals surface area (Å²) >= 11 is 0. The zero-order valence-corrected chi connectivity index (χ0v) is 15.9. The molecule has 1 atom stereocenters. The number of hydrogen-bond donors (Lipinski definition) is 1. The first-order valence-corrected chi connectivity index (χ1v) is 9.17. The van der Waals surface area contributed by atoms with E-state index in [0.717, 1.165) is 19.5 Å². The molecule has 0 fully saturated rings. The number of likely N-dealkylation sites (N-methyl/N-ethyl adjacent to an activating group) is 1. The molecule has 2 aromatic carbocycles. The van der Waals surface area contributed by atoms with E-state index < -0.39 is 0 Å². The maximum absolute atomic E-state index is 13.4. The molecule has 3 rings (SSSR count). The number of fused-ring (bicyclic) bond motifs is 1. The average Bonchev–Trinajstić information content (AvgIpc) is 2.66. The van der Waals surface area contributed by atoms with Crippen LogP contribution >= 0.6 is 0 Å². The molecular formula is C21H25FN4O. The fraction of sp³-hybridized carbons (Fsp3) is 0.333. The molecule has 0 unspecified atom stereocenters. The third-order valence-corrected chi connectivity index (χ3v) is 4.56. The summed E-state index contributed by atoms with van der Waals surface area (Å²) in [5.74, 6) is 0.310. The van der Waals surface area contributed by atoms with Crippen molar-refractivity contribution in [2.75, 3.05) is 27.2 Å². The summed E-state index contributed by atoms with van der Waals surface area (Å²) in [6, 6.07) is 13.2. The SMILES string of the molecule is CC[C@@H](NCCN(C)C)c1nc2ccccc2c(=O)n1-c1ccc(F)cc1. The highest BCUT2D eigenvalue weighted by Crippen LogP contribution is 2.20. The van der Waals surface area contributed by atoms with Crippen molar-refractivity contribution in [2.24, 2.45) is 0 Å². The lowest BCUT2D eigenvalue weighted by Gasteiger charge is -2.22. The second-order valence-electron chi connectivity index (χ2n) is 6.82. The highest BCUT2D eigenvalue weighted by Gasteiger charge is 2.19. The second kappa shape index (κ2) is 8.41. The van der Waals surface area contributed by atoms with Crippen molar-refractivity contribution in [3.05, 3.63) is 70.5 Å². The van der Waals surface area contributed by atoms with Gasteiger partial charge in [0.05, 0.1) is 22.6 Å². The molecule has 1 N–H and O–H groups in total. The van der Waals surface area contributed by atoms with Crippen molar-refractivity contribution in [2.45, 2.75) is 19.4 Å². The Hall–Kier alpha value is -2.57. The Morgan fingerprint density at radius 3 is 2.52 bits per heavy atom. The Balaban J connectivity index is 2.15. The zero-order chi connectivity index (χ0) is 19.4. The number of nitrogens with zero attached hydrogens (tertiary/aromatic N) is 3. The monoisotopic (exact) mass is 368 g/mol. The lowest BCUT2D eigenvalue weighted by atomic mass is 10.1. The summed E-state index contributed by atoms with van der Waals surface area (Å²) in [5, 5.41) is 4.04. The van der Waals surface area contributed by atoms with E-state index in [0.29, 0.717) is 22.4 Å². The Labute approximate surface area is 158 Å². The summed E-state index contributed by atoms with van der Waals surface area (Å²) in [6.45, 7) is 3.71. The van der Waals surface area contributed by atoms with Gasteiger partial charge in [0, 0.05) is 13.1 Å². The minimum Gasteiger partial charge on any atom is -0.308 e. The number of aromatic nitrogens is 2. The maximum Gasteiger partial charge on any atom is 0.266 e. The molecule has 6 heteroatoms. The van der Waals surface area contributed by atoms with Gasteiger partial charge < -0.3 is 10.2 Å². The van der Waals surface area contributed by atoms with Gasteiger partial charge in [-0.15, -0.1) is 0 Å². The molecule has 27 heavy (non-hydrogen) atoms. The van der Waals surface area contributed by atoms with E-state index in [1.54, 1.807) is 22.8 Å². The van der Waals surface area contributed by atoms with Gasteiger partial charge in [0.1, 0.15) is 11.6 Å². The molecule has 0 saturated heterocycles. The highest BCUT2D eigenvalue weighted by atomic mass is 19.1. The minimum absolute atomic E-state index is 0.0905. The molecule has 0 aliphatic heterocycles. The first-order chi connectivity index (χ1) is 13.0. The van der Waals surface area contributed by atoms with Crippen LogP contribution in [0.2, 0.25) is 0 Å². The molecule has 142 valence electrons. The van der Waals surface area contributed by atoms with Crippen LogP contribution in [-0.4, -0.2) is 41.6 Å². The van der Waals surface area contributed by atoms with Crippen LogP contribution in [-0.2, 0) is 0 Å². The predicted molar refractivity (Wildman–Crippen MR) is 107 cm³/mol. The molecule has 0 aliphatic rings. The molecule has 0 amide bonds. The molecule has 0 radical (unpaired) electrons. The Morgan fingerprint density at radius 2 is 1.85 bits per heavy atom. The van der Waals surface area contributed by atoms with Gasteiger partial charge in [-0.3, -0.25) is 9.36 Å². The largest absolute Gasteiger partial charge is 0.308 e. The summed E-state index contributed by atoms with van der Waals surface area (Å²) in [6.07, 6.45) is 0.777. The first-order valence-electron chi connectivity index (χ1n) is 9.17. The highest BCUT2D eigenvalue weighted by molar-refractivity contribution is 5.77. The van der Waals surface area contributed by atoms with Gasteiger partial charge in [-0.1, -0.05) is 19.1 Å². The minimum atomic E-state index is -0.335. The predicted octanol–water partition coefficient (Wildman–Crippen LogP) is 3.13. The van der Waals surface area contributed by atoms with Gasteiger partial charge in [-0.05, 0) is 56.9 Å². The zero-order valence-electron chi connectivity index (χ0n) is 15.9. The summed E-state index contributed by atoms with van der Waals surface area (Å²) in [7, 11) is 4.04. The van der Waals surface area contributed by atoms with Gasteiger partial charge in [-0.2, -0.15) is 0 Å². The standard InChI is InChI=1S/C21H25FN4O/c1-4-18(23-13-14-25(2)3)20-24-19-8-6-5-7-17(19)21(27)26(20)16-11-9-15(22)10-12-16/h5-12,18,23H,4,13-14H2,1-3H3/t18-/m1/s1. The van der Waals surface area contributed by atoms with Crippen molar-refractivity contribution >= 4 is 10.9 Å². The number of halogens is 1. The van der Waals surface area contributed by atoms with E-state index in [-0.39, 0.29) is 17.4 Å². The number of benzene rings is 2. The lowest BCUT2D eigenvalue weighted by molar-refractivity contribution is 0.376. The van der Waals surface area contributed by atoms with Crippen molar-refractivity contribution in [1.29, 1.82) is 0 Å². The number of nitrogens with one attached hydrogen (secondary N) is 1. The molecule has 0 spiro atoms. The number of rotatable bonds is 7. The molecule has 0 bridgehead atoms. The van der Waals surface area contributed by atoms with Gasteiger partial charge >= 0.3 is 0 Å². The Bertz CT molecular complexity index is 966. The summed E-state index contributed by atoms with van der Waals surface area (Å²) in [5.41, 5.74) is 1.14. The first kappa shape index (κ1) is 19.2. The fourth-order valence-electron chi connectivity index (χ4n) is 3.10. The molecule has 0 aliphatic carbocycles. The Kier molecular flexibility index (Phi) is 5.98. The van der Waals surface area contributed by atoms with Crippen molar-refractivity contribution < 1.29 is 4.39 Å². The molecule has 0 saturated carbocycles. The van der Waals surface area contributed by atoms with E-state index in [4.69, 9.17) is 4.98 Å². The summed E-state index contributed by atoms with van der Waals surface area (Å²) < 4.78 is 15.0. The van der Waals surface area contributed by atoms with E-state index in [1.165, 1.54) is 12.1 Å². The average molecular weight is 368 g/mol. The maximum atomic E-state index is 13.4. The number of para-hydroxylation sites is 1. The molecule has 1 heterocycles. The van der Waals surface area contributed by atoms with Gasteiger partial charge in [0.25, 0.3) is 5.56 Å². The van der Waals surface area contributed by atoms with Gasteiger partial charge in [0.2, 0.25) is 0 Å². The van der Waals surface area contributed by atoms with Crippen LogP contribution in [0.15, 0.2) is 53.3 Å². The lowest BCUT2D eigenvalue weighted by Crippen LogP contribution is -2.34. The van der Waals surface area contributed by atoms with Crippen LogP contribution in [0.5, 0.6) is 0 Å². The third-order valence-electron chi connectivity index (χ3n) is 4.56. The third kappa shape index (κ3) is 4.23. The smallest absolute Gasteiger partial charge is 0.266 e. The van der Waals surface area contributed by atoms with Crippen LogP contribution in [0.4, 0.5) is 4.39 Å². The van der Waals surface area contributed by atoms with Crippen molar-refractivity contribution in [1.82, 2.24) is 19.8 Å². The fourth-order valence-corrected chi connectivity index (χ4v) is 3.10. The van der Waals surface area contributed by atoms with Crippen LogP contribution in [0, 0.1) is 5.82 Å². The van der Waals surface area contributed by atoms with Crippen molar-refractivity contribution in [3.8, 4) is 5.69 Å². The normalized spacial score (nSPS) is 12.6. The quantitative estimate of drug-likeness (QED) is 0.696. The number of hydrogen-bond acceptors (Lipinski definition) is 4. The molecular weight excluding hydrogens is 343 g/mol. The van der Waals surface area contributed by atoms with E-state index in [2.05, 4.69) is 17.1 Å². The Morgan fingerprint density at radius 1 is 1.15 bits per heavy atom. The topological polar surface area (TPSA) is 50.2 Å². The van der Waals surface area contributed by atoms with Crippen LogP contribution in [0.25, 0.3) is 16.6 Å². The molecule has 1 aromatic heterocycles. The van der Waals surface area contributed by atoms with Crippen LogP contribution in [0.1, 0.15) is 25.2 Å². The van der Waals surface area contributed by atoms with Crippen molar-refractivity contribution in [3.63, 3.8) is 0 Å². The van der Waals surface area contributed by atoms with Crippen LogP contribution < -0.4 is 10.9 Å². The van der Waals surface area contributed by atoms with E-state index >= 15 is 0 Å². The van der Waals surface area contributed by atoms with Crippen LogP contribution in [0.3, 0.4) is 0 Å². The molecule has 5 nitrogen and oxygen atoms in total. The summed E-state index contributed by atoms with van der Waals surface area (Å²) in [4.78, 5) is 20.1. The van der Waals surface area contributed by atoms with E-state index in [1.807, 2.05) is 32.3 Å². The molecule has 3 aromatic rings. The van der Waals surface area contributed by atoms with E-state index in [9.17, 15) is 9.18 Å². The van der Waals surface area contributed by atoms with Gasteiger partial charge in [0.15, 0.2) is 0 Å².